The lowest BCUT2D eigenvalue weighted by atomic mass is 10.1. The number of hydrogen-bond acceptors (Lipinski definition) is 3. The summed E-state index contributed by atoms with van der Waals surface area (Å²) in [5, 5.41) is 3.33. The van der Waals surface area contributed by atoms with E-state index in [0.717, 1.165) is 26.1 Å². The van der Waals surface area contributed by atoms with Gasteiger partial charge in [-0.25, -0.2) is 4.79 Å². The Bertz CT molecular complexity index is 230. The van der Waals surface area contributed by atoms with Crippen LogP contribution < -0.4 is 5.32 Å². The number of carbonyl (C=O) groups is 1. The molecule has 1 saturated heterocycles. The molecule has 1 rings (SSSR count). The van der Waals surface area contributed by atoms with Gasteiger partial charge in [-0.3, -0.25) is 0 Å². The van der Waals surface area contributed by atoms with Gasteiger partial charge < -0.3 is 15.0 Å². The lowest BCUT2D eigenvalue weighted by molar-refractivity contribution is 0.0291. The second kappa shape index (κ2) is 5.53. The quantitative estimate of drug-likeness (QED) is 0.801. The number of nitrogens with zero attached hydrogens (tertiary/aromatic N) is 1. The summed E-state index contributed by atoms with van der Waals surface area (Å²) in [6, 6.07) is 0. The smallest absolute Gasteiger partial charge is 0.410 e. The summed E-state index contributed by atoms with van der Waals surface area (Å²) in [5.41, 5.74) is -0.403. The van der Waals surface area contributed by atoms with E-state index in [1.807, 2.05) is 20.8 Å². The first-order valence-corrected chi connectivity index (χ1v) is 6.03. The highest BCUT2D eigenvalue weighted by Crippen LogP contribution is 2.14. The van der Waals surface area contributed by atoms with E-state index >= 15 is 0 Å². The Morgan fingerprint density at radius 2 is 2.19 bits per heavy atom. The zero-order valence-electron chi connectivity index (χ0n) is 10.9. The van der Waals surface area contributed by atoms with Crippen LogP contribution in [0.3, 0.4) is 0 Å². The molecule has 0 aromatic heterocycles. The molecule has 1 aliphatic heterocycles. The minimum Gasteiger partial charge on any atom is -0.444 e. The fraction of sp³-hybridized carbons (Fsp3) is 0.917. The van der Waals surface area contributed by atoms with E-state index in [0.29, 0.717) is 5.92 Å². The topological polar surface area (TPSA) is 41.6 Å². The van der Waals surface area contributed by atoms with Gasteiger partial charge in [0.15, 0.2) is 0 Å². The van der Waals surface area contributed by atoms with E-state index in [1.165, 1.54) is 6.42 Å². The summed E-state index contributed by atoms with van der Waals surface area (Å²) in [5.74, 6) is 0.713. The number of carbonyl (C=O) groups excluding carboxylic acids is 1. The number of ether oxygens (including phenoxy) is 1. The normalized spacial score (nSPS) is 20.9. The maximum atomic E-state index is 11.7. The van der Waals surface area contributed by atoms with Crippen LogP contribution in [-0.4, -0.2) is 43.3 Å². The van der Waals surface area contributed by atoms with E-state index in [9.17, 15) is 4.79 Å². The number of nitrogens with one attached hydrogen (secondary N) is 1. The molecule has 0 aromatic rings. The predicted octanol–water partition coefficient (Wildman–Crippen LogP) is 1.85. The first-order chi connectivity index (χ1) is 7.38. The van der Waals surface area contributed by atoms with Gasteiger partial charge in [0.2, 0.25) is 0 Å². The van der Waals surface area contributed by atoms with Crippen LogP contribution in [0.4, 0.5) is 4.79 Å². The van der Waals surface area contributed by atoms with Crippen molar-refractivity contribution >= 4 is 6.09 Å². The molecule has 0 saturated carbocycles. The van der Waals surface area contributed by atoms with Crippen LogP contribution in [0.1, 0.15) is 33.6 Å². The predicted molar refractivity (Wildman–Crippen MR) is 64.5 cm³/mol. The Morgan fingerprint density at radius 1 is 1.50 bits per heavy atom. The van der Waals surface area contributed by atoms with Crippen LogP contribution in [0.25, 0.3) is 0 Å². The minimum atomic E-state index is -0.403. The molecule has 1 heterocycles. The van der Waals surface area contributed by atoms with Crippen LogP contribution in [0.2, 0.25) is 0 Å². The fourth-order valence-electron chi connectivity index (χ4n) is 1.77. The largest absolute Gasteiger partial charge is 0.444 e. The first-order valence-electron chi connectivity index (χ1n) is 6.03. The summed E-state index contributed by atoms with van der Waals surface area (Å²) in [7, 11) is 1.80. The average molecular weight is 228 g/mol. The molecule has 1 aliphatic rings. The van der Waals surface area contributed by atoms with Crippen LogP contribution in [0.15, 0.2) is 0 Å². The number of amides is 1. The summed E-state index contributed by atoms with van der Waals surface area (Å²) in [6.07, 6.45) is 2.06. The highest BCUT2D eigenvalue weighted by atomic mass is 16.6. The maximum Gasteiger partial charge on any atom is 0.410 e. The van der Waals surface area contributed by atoms with Crippen LogP contribution in [0, 0.1) is 5.92 Å². The molecule has 0 radical (unpaired) electrons. The van der Waals surface area contributed by atoms with Gasteiger partial charge in [-0.2, -0.15) is 0 Å². The highest BCUT2D eigenvalue weighted by Gasteiger charge is 2.21. The van der Waals surface area contributed by atoms with Gasteiger partial charge in [0.05, 0.1) is 0 Å². The third kappa shape index (κ3) is 4.84. The van der Waals surface area contributed by atoms with Gasteiger partial charge in [0, 0.05) is 13.6 Å². The number of rotatable bonds is 3. The van der Waals surface area contributed by atoms with Gasteiger partial charge in [0.1, 0.15) is 5.60 Å². The molecule has 1 fully saturated rings. The summed E-state index contributed by atoms with van der Waals surface area (Å²) in [4.78, 5) is 13.3. The molecule has 1 amide bonds. The fourth-order valence-corrected chi connectivity index (χ4v) is 1.77. The zero-order chi connectivity index (χ0) is 12.2. The van der Waals surface area contributed by atoms with Crippen molar-refractivity contribution in [1.29, 1.82) is 0 Å². The van der Waals surface area contributed by atoms with E-state index in [1.54, 1.807) is 11.9 Å². The Morgan fingerprint density at radius 3 is 2.69 bits per heavy atom. The Hall–Kier alpha value is -0.770. The third-order valence-electron chi connectivity index (χ3n) is 2.74. The standard InChI is InChI=1S/C12H24N2O2/c1-12(2,3)16-11(15)14(4)8-6-10-5-7-13-9-10/h10,13H,5-9H2,1-4H3. The van der Waals surface area contributed by atoms with Crippen LogP contribution in [-0.2, 0) is 4.74 Å². The molecule has 1 atom stereocenters. The zero-order valence-corrected chi connectivity index (χ0v) is 10.9. The van der Waals surface area contributed by atoms with Crippen molar-refractivity contribution in [1.82, 2.24) is 10.2 Å². The molecule has 1 unspecified atom stereocenters. The second-order valence-corrected chi connectivity index (χ2v) is 5.55. The SMILES string of the molecule is CN(CCC1CCNC1)C(=O)OC(C)(C)C. The van der Waals surface area contributed by atoms with Crippen molar-refractivity contribution in [3.63, 3.8) is 0 Å². The lowest BCUT2D eigenvalue weighted by Gasteiger charge is -2.25. The third-order valence-corrected chi connectivity index (χ3v) is 2.74. The maximum absolute atomic E-state index is 11.7. The molecule has 0 aliphatic carbocycles. The summed E-state index contributed by atoms with van der Waals surface area (Å²) < 4.78 is 5.29. The van der Waals surface area contributed by atoms with Gasteiger partial charge in [-0.15, -0.1) is 0 Å². The Labute approximate surface area is 98.3 Å². The summed E-state index contributed by atoms with van der Waals surface area (Å²) >= 11 is 0. The molecule has 16 heavy (non-hydrogen) atoms. The van der Waals surface area contributed by atoms with Crippen LogP contribution in [0.5, 0.6) is 0 Å². The molecule has 4 nitrogen and oxygen atoms in total. The van der Waals surface area contributed by atoms with E-state index in [4.69, 9.17) is 4.74 Å². The van der Waals surface area contributed by atoms with Gasteiger partial charge in [-0.1, -0.05) is 0 Å². The van der Waals surface area contributed by atoms with Gasteiger partial charge in [0.25, 0.3) is 0 Å². The van der Waals surface area contributed by atoms with Crippen molar-refractivity contribution in [2.24, 2.45) is 5.92 Å². The molecule has 0 spiro atoms. The van der Waals surface area contributed by atoms with Crippen molar-refractivity contribution in [2.75, 3.05) is 26.7 Å². The van der Waals surface area contributed by atoms with Gasteiger partial charge >= 0.3 is 6.09 Å². The monoisotopic (exact) mass is 228 g/mol. The summed E-state index contributed by atoms with van der Waals surface area (Å²) in [6.45, 7) is 8.64. The molecular weight excluding hydrogens is 204 g/mol. The van der Waals surface area contributed by atoms with Crippen LogP contribution >= 0.6 is 0 Å². The van der Waals surface area contributed by atoms with Gasteiger partial charge in [-0.05, 0) is 52.6 Å². The first kappa shape index (κ1) is 13.3. The van der Waals surface area contributed by atoms with E-state index in [2.05, 4.69) is 5.32 Å². The van der Waals surface area contributed by atoms with Crippen molar-refractivity contribution in [3.8, 4) is 0 Å². The molecule has 0 bridgehead atoms. The number of hydrogen-bond donors (Lipinski definition) is 1. The lowest BCUT2D eigenvalue weighted by Crippen LogP contribution is -2.35. The van der Waals surface area contributed by atoms with Crippen molar-refractivity contribution in [2.45, 2.75) is 39.2 Å². The van der Waals surface area contributed by atoms with E-state index < -0.39 is 5.60 Å². The van der Waals surface area contributed by atoms with E-state index in [-0.39, 0.29) is 6.09 Å². The Kier molecular flexibility index (Phi) is 4.59. The molecule has 1 N–H and O–H groups in total. The molecule has 0 aromatic carbocycles. The minimum absolute atomic E-state index is 0.224. The van der Waals surface area contributed by atoms with Crippen molar-refractivity contribution in [3.05, 3.63) is 0 Å². The molecular formula is C12H24N2O2. The Balaban J connectivity index is 2.23. The molecule has 4 heteroatoms. The molecule has 94 valence electrons. The second-order valence-electron chi connectivity index (χ2n) is 5.55. The van der Waals surface area contributed by atoms with Crippen molar-refractivity contribution < 1.29 is 9.53 Å². The highest BCUT2D eigenvalue weighted by molar-refractivity contribution is 5.67. The average Bonchev–Trinajstić information content (AvgIpc) is 2.63.